The van der Waals surface area contributed by atoms with Crippen LogP contribution in [0.3, 0.4) is 0 Å². The van der Waals surface area contributed by atoms with Gasteiger partial charge in [-0.05, 0) is 151 Å². The van der Waals surface area contributed by atoms with E-state index in [1.54, 1.807) is 39.9 Å². The average molecular weight is 787 g/mol. The number of carbonyl (C=O) groups is 2. The third kappa shape index (κ3) is 11.1. The lowest BCUT2D eigenvalue weighted by molar-refractivity contribution is -0.129. The van der Waals surface area contributed by atoms with Gasteiger partial charge in [0.1, 0.15) is 17.4 Å². The van der Waals surface area contributed by atoms with Gasteiger partial charge in [0, 0.05) is 6.54 Å². The average Bonchev–Trinajstić information content (AvgIpc) is 3.63. The van der Waals surface area contributed by atoms with Gasteiger partial charge in [0.25, 0.3) is 0 Å². The lowest BCUT2D eigenvalue weighted by Gasteiger charge is -2.24. The minimum Gasteiger partial charge on any atom is -0.329 e. The van der Waals surface area contributed by atoms with Crippen LogP contribution in [0.15, 0.2) is 72.8 Å². The van der Waals surface area contributed by atoms with Crippen molar-refractivity contribution >= 4 is 65.7 Å². The zero-order valence-corrected chi connectivity index (χ0v) is 39.7. The highest BCUT2D eigenvalue weighted by atomic mass is 16.1. The van der Waals surface area contributed by atoms with E-state index in [1.165, 1.54) is 90.2 Å². The normalized spacial score (nSPS) is 11.5. The molecule has 1 aromatic heterocycles. The molecule has 0 fully saturated rings. The Bertz CT molecular complexity index is 2070. The van der Waals surface area contributed by atoms with E-state index in [2.05, 4.69) is 83.2 Å². The summed E-state index contributed by atoms with van der Waals surface area (Å²) in [7, 11) is 0. The van der Waals surface area contributed by atoms with Gasteiger partial charge in [-0.3, -0.25) is 9.59 Å². The molecule has 0 spiro atoms. The maximum Gasteiger partial charge on any atom is 0.139 e. The summed E-state index contributed by atoms with van der Waals surface area (Å²) in [6, 6.07) is 27.5. The van der Waals surface area contributed by atoms with Crippen LogP contribution in [0.2, 0.25) is 0 Å². The number of hydrogen-bond acceptors (Lipinski definition) is 3. The Hall–Kier alpha value is -4.57. The van der Waals surface area contributed by atoms with Crippen LogP contribution in [0, 0.1) is 12.8 Å². The van der Waals surface area contributed by atoms with E-state index in [1.807, 2.05) is 96.1 Å². The number of imidazole rings is 1. The van der Waals surface area contributed by atoms with Gasteiger partial charge >= 0.3 is 0 Å². The molecule has 1 heterocycles. The fraction of sp³-hybridized carbons (Fsp3) is 0.463. The third-order valence-electron chi connectivity index (χ3n) is 10.4. The number of para-hydroxylation sites is 2. The van der Waals surface area contributed by atoms with Crippen LogP contribution >= 0.6 is 0 Å². The molecule has 0 aliphatic heterocycles. The van der Waals surface area contributed by atoms with Gasteiger partial charge in [-0.25, -0.2) is 4.98 Å². The molecule has 4 heteroatoms. The summed E-state index contributed by atoms with van der Waals surface area (Å²) in [6.07, 6.45) is 7.50. The predicted molar refractivity (Wildman–Crippen MR) is 260 cm³/mol. The number of fused-ring (bicyclic) bond motifs is 3. The van der Waals surface area contributed by atoms with Gasteiger partial charge in [-0.2, -0.15) is 0 Å². The predicted octanol–water partition coefficient (Wildman–Crippen LogP) is 16.0. The summed E-state index contributed by atoms with van der Waals surface area (Å²) >= 11 is 0. The fourth-order valence-electron chi connectivity index (χ4n) is 7.84. The second kappa shape index (κ2) is 26.4. The van der Waals surface area contributed by atoms with Crippen molar-refractivity contribution in [2.24, 2.45) is 5.92 Å². The Balaban J connectivity index is 0.000000444. The van der Waals surface area contributed by atoms with E-state index in [-0.39, 0.29) is 11.6 Å². The first kappa shape index (κ1) is 51.4. The quantitative estimate of drug-likeness (QED) is 0.102. The molecule has 2 aliphatic rings. The SMILES string of the molecule is CC.CC.CC.CC.CC.CC.CC(=O)C(C)C(C)=O.CCn1c(C)nc2ccccc21.c1cc2c3ccc4c5c(ccc(c6ccc7c(c1CCC7)c26)c53)CCC4. The Labute approximate surface area is 353 Å². The first-order valence-electron chi connectivity index (χ1n) is 22.9. The summed E-state index contributed by atoms with van der Waals surface area (Å²) in [5, 5.41) is 12.0. The summed E-state index contributed by atoms with van der Waals surface area (Å²) in [5.41, 5.74) is 8.55. The largest absolute Gasteiger partial charge is 0.329 e. The lowest BCUT2D eigenvalue weighted by atomic mass is 9.80. The molecular weight excluding hydrogens is 709 g/mol. The molecule has 0 bridgehead atoms. The molecule has 7 aromatic rings. The van der Waals surface area contributed by atoms with Crippen molar-refractivity contribution in [3.05, 3.63) is 101 Å². The van der Waals surface area contributed by atoms with E-state index in [9.17, 15) is 9.59 Å². The standard InChI is InChI=1S/C26H20.C10H12N2.C6H10O2.6C2H6/c1-3-15-7-11-19-21-13-9-17-5-2-6-18-10-14-22(26(21)24(17)18)20-12-8-16(4-1)23(15)25(19)20;1-3-12-8(2)11-9-6-4-5-7-10(9)12;1-4(5(2)7)6(3)8;6*1-2/h7-14H,1-6H2;4-7H,3H2,1-2H3;4H,1-3H3;6*1-2H3. The van der Waals surface area contributed by atoms with Crippen molar-refractivity contribution in [3.8, 4) is 0 Å². The van der Waals surface area contributed by atoms with E-state index in [4.69, 9.17) is 0 Å². The van der Waals surface area contributed by atoms with Crippen molar-refractivity contribution in [1.82, 2.24) is 9.55 Å². The molecule has 0 N–H and O–H groups in total. The van der Waals surface area contributed by atoms with Crippen LogP contribution in [-0.2, 0) is 41.8 Å². The number of aromatic nitrogens is 2. The van der Waals surface area contributed by atoms with Crippen LogP contribution in [0.5, 0.6) is 0 Å². The molecule has 0 radical (unpaired) electrons. The Morgan fingerprint density at radius 3 is 1.16 bits per heavy atom. The minimum atomic E-state index is -0.407. The van der Waals surface area contributed by atoms with Crippen LogP contribution in [0.25, 0.3) is 54.1 Å². The number of Topliss-reactive ketones (excluding diaryl/α,β-unsaturated/α-hetero) is 2. The molecule has 6 aromatic carbocycles. The second-order valence-corrected chi connectivity index (χ2v) is 13.1. The molecule has 0 unspecified atom stereocenters. The topological polar surface area (TPSA) is 52.0 Å². The Morgan fingerprint density at radius 1 is 0.534 bits per heavy atom. The number of nitrogens with zero attached hydrogens (tertiary/aromatic N) is 2. The molecule has 2 aliphatic carbocycles. The van der Waals surface area contributed by atoms with Gasteiger partial charge < -0.3 is 4.57 Å². The minimum absolute atomic E-state index is 0.0579. The fourth-order valence-corrected chi connectivity index (χ4v) is 7.84. The summed E-state index contributed by atoms with van der Waals surface area (Å²) in [5.74, 6) is 0.573. The summed E-state index contributed by atoms with van der Waals surface area (Å²) in [4.78, 5) is 25.2. The molecule has 316 valence electrons. The number of ketones is 2. The summed E-state index contributed by atoms with van der Waals surface area (Å²) in [6.45, 7) is 33.6. The Kier molecular flexibility index (Phi) is 23.4. The maximum absolute atomic E-state index is 10.4. The molecule has 58 heavy (non-hydrogen) atoms. The second-order valence-electron chi connectivity index (χ2n) is 13.1. The monoisotopic (exact) mass is 787 g/mol. The van der Waals surface area contributed by atoms with E-state index in [0.29, 0.717) is 0 Å². The van der Waals surface area contributed by atoms with E-state index in [0.717, 1.165) is 17.9 Å². The lowest BCUT2D eigenvalue weighted by Crippen LogP contribution is -2.14. The first-order chi connectivity index (χ1) is 28.3. The van der Waals surface area contributed by atoms with Crippen LogP contribution in [-0.4, -0.2) is 21.1 Å². The number of benzene rings is 6. The van der Waals surface area contributed by atoms with Crippen molar-refractivity contribution in [2.75, 3.05) is 0 Å². The molecule has 0 saturated heterocycles. The zero-order valence-electron chi connectivity index (χ0n) is 39.7. The Morgan fingerprint density at radius 2 is 0.862 bits per heavy atom. The first-order valence-corrected chi connectivity index (χ1v) is 22.9. The molecule has 0 saturated carbocycles. The zero-order chi connectivity index (χ0) is 44.1. The van der Waals surface area contributed by atoms with Crippen molar-refractivity contribution in [3.63, 3.8) is 0 Å². The number of rotatable bonds is 3. The maximum atomic E-state index is 10.4. The van der Waals surface area contributed by atoms with Gasteiger partial charge in [0.15, 0.2) is 0 Å². The number of hydrogen-bond donors (Lipinski definition) is 0. The van der Waals surface area contributed by atoms with Crippen LogP contribution in [0.4, 0.5) is 0 Å². The highest BCUT2D eigenvalue weighted by Gasteiger charge is 2.22. The molecule has 4 nitrogen and oxygen atoms in total. The number of aryl methyl sites for hydroxylation is 6. The molecule has 0 atom stereocenters. The van der Waals surface area contributed by atoms with E-state index < -0.39 is 5.92 Å². The van der Waals surface area contributed by atoms with E-state index >= 15 is 0 Å². The van der Waals surface area contributed by atoms with Crippen LogP contribution < -0.4 is 0 Å². The van der Waals surface area contributed by atoms with Gasteiger partial charge in [-0.15, -0.1) is 0 Å². The number of carbonyl (C=O) groups excluding carboxylic acids is 2. The van der Waals surface area contributed by atoms with Gasteiger partial charge in [0.05, 0.1) is 17.0 Å². The molecule has 0 amide bonds. The highest BCUT2D eigenvalue weighted by Crippen LogP contribution is 2.46. The van der Waals surface area contributed by atoms with Gasteiger partial charge in [0.2, 0.25) is 0 Å². The summed E-state index contributed by atoms with van der Waals surface area (Å²) < 4.78 is 2.22. The van der Waals surface area contributed by atoms with Crippen molar-refractivity contribution in [2.45, 2.75) is 163 Å². The van der Waals surface area contributed by atoms with Crippen LogP contribution in [0.1, 0.15) is 152 Å². The smallest absolute Gasteiger partial charge is 0.139 e. The highest BCUT2D eigenvalue weighted by molar-refractivity contribution is 6.34. The van der Waals surface area contributed by atoms with Gasteiger partial charge in [-0.1, -0.05) is 144 Å². The van der Waals surface area contributed by atoms with Crippen molar-refractivity contribution in [1.29, 1.82) is 0 Å². The molecule has 9 rings (SSSR count). The molecular formula is C54H78N2O2. The third-order valence-corrected chi connectivity index (χ3v) is 10.4. The van der Waals surface area contributed by atoms with Crippen molar-refractivity contribution < 1.29 is 9.59 Å².